The van der Waals surface area contributed by atoms with Gasteiger partial charge in [-0.2, -0.15) is 0 Å². The predicted octanol–water partition coefficient (Wildman–Crippen LogP) is 4.17. The highest BCUT2D eigenvalue weighted by Gasteiger charge is 2.27. The van der Waals surface area contributed by atoms with Gasteiger partial charge in [0.15, 0.2) is 5.82 Å². The van der Waals surface area contributed by atoms with Crippen LogP contribution in [0.4, 0.5) is 0 Å². The van der Waals surface area contributed by atoms with E-state index in [0.717, 1.165) is 11.1 Å². The van der Waals surface area contributed by atoms with Gasteiger partial charge >= 0.3 is 0 Å². The van der Waals surface area contributed by atoms with E-state index in [1.54, 1.807) is 0 Å². The number of nitrogens with one attached hydrogen (secondary N) is 1. The first-order chi connectivity index (χ1) is 12.7. The molecule has 1 atom stereocenters. The molecule has 0 bridgehead atoms. The summed E-state index contributed by atoms with van der Waals surface area (Å²) >= 11 is 1.38. The molecule has 5 nitrogen and oxygen atoms in total. The largest absolute Gasteiger partial charge is 0.342 e. The number of H-pyrrole nitrogens is 1. The number of likely N-dealkylation sites (N-methyl/N-ethyl adjacent to an activating group) is 1. The second-order valence-corrected chi connectivity index (χ2v) is 6.82. The fourth-order valence-corrected chi connectivity index (χ4v) is 3.72. The van der Waals surface area contributed by atoms with Gasteiger partial charge in [-0.1, -0.05) is 72.4 Å². The number of carbonyl (C=O) groups excluding carboxylic acids is 1. The molecule has 0 aliphatic heterocycles. The number of aromatic amines is 1. The first-order valence-corrected chi connectivity index (χ1v) is 9.59. The van der Waals surface area contributed by atoms with E-state index >= 15 is 0 Å². The first-order valence-electron chi connectivity index (χ1n) is 8.71. The molecule has 0 radical (unpaired) electrons. The van der Waals surface area contributed by atoms with Crippen molar-refractivity contribution in [1.29, 1.82) is 0 Å². The van der Waals surface area contributed by atoms with Crippen molar-refractivity contribution in [3.8, 4) is 11.4 Å². The molecular weight excluding hydrogens is 344 g/mol. The second-order valence-electron chi connectivity index (χ2n) is 5.75. The van der Waals surface area contributed by atoms with Crippen LogP contribution >= 0.6 is 11.8 Å². The van der Waals surface area contributed by atoms with E-state index in [-0.39, 0.29) is 11.2 Å². The molecule has 3 rings (SSSR count). The highest BCUT2D eigenvalue weighted by molar-refractivity contribution is 8.00. The van der Waals surface area contributed by atoms with E-state index in [1.165, 1.54) is 11.8 Å². The molecule has 134 valence electrons. The zero-order valence-corrected chi connectivity index (χ0v) is 15.7. The summed E-state index contributed by atoms with van der Waals surface area (Å²) in [5.74, 6) is 0.785. The normalized spacial score (nSPS) is 11.9. The van der Waals surface area contributed by atoms with E-state index in [9.17, 15) is 4.79 Å². The SMILES string of the molecule is CCN(CC)C(=O)C(Sc1n[nH]c(-c2ccccc2)n1)c1ccccc1. The van der Waals surface area contributed by atoms with Crippen molar-refractivity contribution in [2.75, 3.05) is 13.1 Å². The lowest BCUT2D eigenvalue weighted by atomic mass is 10.1. The Bertz CT molecular complexity index is 831. The number of benzene rings is 2. The van der Waals surface area contributed by atoms with Gasteiger partial charge in [0.05, 0.1) is 0 Å². The predicted molar refractivity (Wildman–Crippen MR) is 105 cm³/mol. The summed E-state index contributed by atoms with van der Waals surface area (Å²) in [4.78, 5) is 19.4. The molecule has 1 N–H and O–H groups in total. The first kappa shape index (κ1) is 18.2. The van der Waals surface area contributed by atoms with Crippen LogP contribution in [0.3, 0.4) is 0 Å². The van der Waals surface area contributed by atoms with Crippen LogP contribution in [0.1, 0.15) is 24.7 Å². The Morgan fingerprint density at radius 2 is 1.65 bits per heavy atom. The molecule has 2 aromatic carbocycles. The van der Waals surface area contributed by atoms with Crippen LogP contribution in [-0.4, -0.2) is 39.1 Å². The molecule has 3 aromatic rings. The number of hydrogen-bond donors (Lipinski definition) is 1. The minimum Gasteiger partial charge on any atom is -0.342 e. The topological polar surface area (TPSA) is 61.9 Å². The summed E-state index contributed by atoms with van der Waals surface area (Å²) in [6, 6.07) is 19.6. The molecule has 0 aliphatic rings. The Balaban J connectivity index is 1.87. The minimum absolute atomic E-state index is 0.0808. The number of nitrogens with zero attached hydrogens (tertiary/aromatic N) is 3. The summed E-state index contributed by atoms with van der Waals surface area (Å²) in [6.45, 7) is 5.35. The van der Waals surface area contributed by atoms with E-state index in [2.05, 4.69) is 15.2 Å². The molecule has 1 unspecified atom stereocenters. The van der Waals surface area contributed by atoms with Crippen molar-refractivity contribution in [2.45, 2.75) is 24.3 Å². The van der Waals surface area contributed by atoms with Gasteiger partial charge in [-0.15, -0.1) is 5.10 Å². The summed E-state index contributed by atoms with van der Waals surface area (Å²) in [6.07, 6.45) is 0. The fourth-order valence-electron chi connectivity index (χ4n) is 2.72. The van der Waals surface area contributed by atoms with Gasteiger partial charge in [-0.3, -0.25) is 9.89 Å². The van der Waals surface area contributed by atoms with Crippen LogP contribution < -0.4 is 0 Å². The molecule has 0 saturated carbocycles. The number of hydrogen-bond acceptors (Lipinski definition) is 4. The van der Waals surface area contributed by atoms with Crippen LogP contribution in [0.5, 0.6) is 0 Å². The highest BCUT2D eigenvalue weighted by Crippen LogP contribution is 2.35. The Morgan fingerprint density at radius 1 is 1.04 bits per heavy atom. The third-order valence-electron chi connectivity index (χ3n) is 4.14. The lowest BCUT2D eigenvalue weighted by molar-refractivity contribution is -0.130. The van der Waals surface area contributed by atoms with E-state index in [1.807, 2.05) is 79.4 Å². The standard InChI is InChI=1S/C20H22N4OS/c1-3-24(4-2)19(25)17(15-11-7-5-8-12-15)26-20-21-18(22-23-20)16-13-9-6-10-14-16/h5-14,17H,3-4H2,1-2H3,(H,21,22,23). The molecule has 1 amide bonds. The van der Waals surface area contributed by atoms with Crippen LogP contribution in [0.2, 0.25) is 0 Å². The lowest BCUT2D eigenvalue weighted by Crippen LogP contribution is -2.33. The van der Waals surface area contributed by atoms with Gasteiger partial charge in [0, 0.05) is 18.7 Å². The average Bonchev–Trinajstić information content (AvgIpc) is 3.17. The van der Waals surface area contributed by atoms with Gasteiger partial charge in [0.2, 0.25) is 11.1 Å². The molecule has 0 spiro atoms. The Hall–Kier alpha value is -2.60. The van der Waals surface area contributed by atoms with E-state index in [4.69, 9.17) is 0 Å². The molecule has 6 heteroatoms. The van der Waals surface area contributed by atoms with Gasteiger partial charge in [-0.05, 0) is 19.4 Å². The van der Waals surface area contributed by atoms with Gasteiger partial charge in [0.25, 0.3) is 0 Å². The summed E-state index contributed by atoms with van der Waals surface area (Å²) in [5.41, 5.74) is 1.93. The van der Waals surface area contributed by atoms with Gasteiger partial charge < -0.3 is 4.90 Å². The summed E-state index contributed by atoms with van der Waals surface area (Å²) < 4.78 is 0. The molecule has 1 heterocycles. The van der Waals surface area contributed by atoms with Gasteiger partial charge in [0.1, 0.15) is 5.25 Å². The number of rotatable bonds is 7. The Morgan fingerprint density at radius 3 is 2.27 bits per heavy atom. The minimum atomic E-state index is -0.365. The number of thioether (sulfide) groups is 1. The lowest BCUT2D eigenvalue weighted by Gasteiger charge is -2.24. The maximum Gasteiger partial charge on any atom is 0.240 e. The Labute approximate surface area is 157 Å². The van der Waals surface area contributed by atoms with Crippen LogP contribution in [0, 0.1) is 0 Å². The number of aromatic nitrogens is 3. The van der Waals surface area contributed by atoms with Crippen molar-refractivity contribution < 1.29 is 4.79 Å². The number of carbonyl (C=O) groups is 1. The van der Waals surface area contributed by atoms with Crippen LogP contribution in [0.15, 0.2) is 65.8 Å². The van der Waals surface area contributed by atoms with Crippen molar-refractivity contribution in [1.82, 2.24) is 20.1 Å². The fraction of sp³-hybridized carbons (Fsp3) is 0.250. The van der Waals surface area contributed by atoms with E-state index < -0.39 is 0 Å². The third-order valence-corrected chi connectivity index (χ3v) is 5.24. The quantitative estimate of drug-likeness (QED) is 0.638. The second kappa shape index (κ2) is 8.67. The van der Waals surface area contributed by atoms with Gasteiger partial charge in [-0.25, -0.2) is 4.98 Å². The van der Waals surface area contributed by atoms with Crippen molar-refractivity contribution in [2.24, 2.45) is 0 Å². The monoisotopic (exact) mass is 366 g/mol. The smallest absolute Gasteiger partial charge is 0.240 e. The zero-order valence-electron chi connectivity index (χ0n) is 14.9. The Kier molecular flexibility index (Phi) is 6.07. The average molecular weight is 366 g/mol. The number of amides is 1. The maximum atomic E-state index is 13.0. The van der Waals surface area contributed by atoms with Crippen molar-refractivity contribution in [3.05, 3.63) is 66.2 Å². The third kappa shape index (κ3) is 4.14. The van der Waals surface area contributed by atoms with Crippen LogP contribution in [0.25, 0.3) is 11.4 Å². The molecule has 0 saturated heterocycles. The molecule has 1 aromatic heterocycles. The molecule has 26 heavy (non-hydrogen) atoms. The summed E-state index contributed by atoms with van der Waals surface area (Å²) in [5, 5.41) is 7.48. The zero-order chi connectivity index (χ0) is 18.4. The molecule has 0 aliphatic carbocycles. The molecule has 0 fully saturated rings. The van der Waals surface area contributed by atoms with Crippen molar-refractivity contribution in [3.63, 3.8) is 0 Å². The van der Waals surface area contributed by atoms with Crippen molar-refractivity contribution >= 4 is 17.7 Å². The van der Waals surface area contributed by atoms with E-state index in [0.29, 0.717) is 24.1 Å². The maximum absolute atomic E-state index is 13.0. The summed E-state index contributed by atoms with van der Waals surface area (Å²) in [7, 11) is 0. The molecular formula is C20H22N4OS. The van der Waals surface area contributed by atoms with Crippen LogP contribution in [-0.2, 0) is 4.79 Å². The highest BCUT2D eigenvalue weighted by atomic mass is 32.2.